The fraction of sp³-hybridized carbons (Fsp3) is 0.111. The molecule has 1 amide bonds. The molecule has 0 aliphatic carbocycles. The Balaban J connectivity index is 1.47. The summed E-state index contributed by atoms with van der Waals surface area (Å²) in [7, 11) is 0. The first-order chi connectivity index (χ1) is 12.1. The zero-order valence-corrected chi connectivity index (χ0v) is 14.6. The number of rotatable bonds is 7. The minimum Gasteiger partial charge on any atom is -0.484 e. The number of hydrogen-bond donors (Lipinski definition) is 1. The van der Waals surface area contributed by atoms with Gasteiger partial charge in [0.15, 0.2) is 12.4 Å². The van der Waals surface area contributed by atoms with Crippen LogP contribution in [-0.2, 0) is 11.3 Å². The molecule has 0 bridgehead atoms. The normalized spacial score (nSPS) is 10.4. The van der Waals surface area contributed by atoms with Crippen LogP contribution in [0.25, 0.3) is 0 Å². The Morgan fingerprint density at radius 1 is 1.12 bits per heavy atom. The van der Waals surface area contributed by atoms with E-state index in [2.05, 4.69) is 5.32 Å². The average molecular weight is 376 g/mol. The standard InChI is InChI=1S/C18H14ClNO4S/c19-12-3-5-13(6-4-12)24-11-17(21)20-10-14-7-8-16(25-14)18(22)15-2-1-9-23-15/h1-9H,10-11H2,(H,20,21). The molecule has 3 rings (SSSR count). The Morgan fingerprint density at radius 3 is 2.64 bits per heavy atom. The van der Waals surface area contributed by atoms with Crippen LogP contribution in [0.5, 0.6) is 5.75 Å². The Labute approximate surface area is 153 Å². The Morgan fingerprint density at radius 2 is 1.92 bits per heavy atom. The maximum atomic E-state index is 12.1. The number of ketones is 1. The van der Waals surface area contributed by atoms with E-state index in [9.17, 15) is 9.59 Å². The molecule has 1 aromatic carbocycles. The number of halogens is 1. The van der Waals surface area contributed by atoms with Crippen LogP contribution >= 0.6 is 22.9 Å². The van der Waals surface area contributed by atoms with Crippen molar-refractivity contribution < 1.29 is 18.7 Å². The number of furan rings is 1. The Bertz CT molecular complexity index is 856. The van der Waals surface area contributed by atoms with E-state index in [0.717, 1.165) is 4.88 Å². The monoisotopic (exact) mass is 375 g/mol. The second-order valence-electron chi connectivity index (χ2n) is 5.09. The lowest BCUT2D eigenvalue weighted by atomic mass is 10.2. The summed E-state index contributed by atoms with van der Waals surface area (Å²) in [5.74, 6) is 0.455. The van der Waals surface area contributed by atoms with Crippen molar-refractivity contribution in [3.63, 3.8) is 0 Å². The van der Waals surface area contributed by atoms with Crippen molar-refractivity contribution in [2.45, 2.75) is 6.54 Å². The molecule has 0 aliphatic rings. The molecule has 0 saturated carbocycles. The topological polar surface area (TPSA) is 68.5 Å². The summed E-state index contributed by atoms with van der Waals surface area (Å²) < 4.78 is 10.5. The Hall–Kier alpha value is -2.57. The van der Waals surface area contributed by atoms with Crippen LogP contribution in [0.2, 0.25) is 5.02 Å². The molecule has 0 aliphatic heterocycles. The van der Waals surface area contributed by atoms with Crippen LogP contribution in [0.15, 0.2) is 59.2 Å². The number of hydrogen-bond acceptors (Lipinski definition) is 5. The molecular formula is C18H14ClNO4S. The van der Waals surface area contributed by atoms with Crippen LogP contribution in [0, 0.1) is 0 Å². The van der Waals surface area contributed by atoms with Crippen LogP contribution in [0.3, 0.4) is 0 Å². The Kier molecular flexibility index (Phi) is 5.53. The van der Waals surface area contributed by atoms with Gasteiger partial charge in [-0.15, -0.1) is 11.3 Å². The number of nitrogens with one attached hydrogen (secondary N) is 1. The van der Waals surface area contributed by atoms with Crippen LogP contribution in [0.1, 0.15) is 20.3 Å². The van der Waals surface area contributed by atoms with Gasteiger partial charge in [0.1, 0.15) is 5.75 Å². The highest BCUT2D eigenvalue weighted by Crippen LogP contribution is 2.20. The van der Waals surface area contributed by atoms with Crippen molar-refractivity contribution in [1.82, 2.24) is 5.32 Å². The second kappa shape index (κ2) is 8.00. The van der Waals surface area contributed by atoms with Crippen molar-refractivity contribution in [2.24, 2.45) is 0 Å². The lowest BCUT2D eigenvalue weighted by Crippen LogP contribution is -2.28. The summed E-state index contributed by atoms with van der Waals surface area (Å²) in [6, 6.07) is 13.6. The maximum Gasteiger partial charge on any atom is 0.258 e. The molecule has 0 saturated heterocycles. The predicted octanol–water partition coefficient (Wildman–Crippen LogP) is 3.92. The van der Waals surface area contributed by atoms with Gasteiger partial charge in [0, 0.05) is 9.90 Å². The first-order valence-electron chi connectivity index (χ1n) is 7.44. The van der Waals surface area contributed by atoms with Gasteiger partial charge in [0.05, 0.1) is 17.7 Å². The molecule has 0 unspecified atom stereocenters. The zero-order valence-electron chi connectivity index (χ0n) is 13.0. The second-order valence-corrected chi connectivity index (χ2v) is 6.70. The molecule has 0 fully saturated rings. The third kappa shape index (κ3) is 4.71. The summed E-state index contributed by atoms with van der Waals surface area (Å²) in [4.78, 5) is 25.4. The lowest BCUT2D eigenvalue weighted by Gasteiger charge is -2.06. The number of benzene rings is 1. The van der Waals surface area contributed by atoms with E-state index in [1.165, 1.54) is 17.6 Å². The smallest absolute Gasteiger partial charge is 0.258 e. The molecule has 25 heavy (non-hydrogen) atoms. The largest absolute Gasteiger partial charge is 0.484 e. The quantitative estimate of drug-likeness (QED) is 0.635. The van der Waals surface area contributed by atoms with Gasteiger partial charge in [0.25, 0.3) is 5.91 Å². The third-order valence-corrected chi connectivity index (χ3v) is 4.61. The molecule has 7 heteroatoms. The van der Waals surface area contributed by atoms with Gasteiger partial charge in [0.2, 0.25) is 5.78 Å². The van der Waals surface area contributed by atoms with Gasteiger partial charge >= 0.3 is 0 Å². The van der Waals surface area contributed by atoms with Crippen LogP contribution in [-0.4, -0.2) is 18.3 Å². The SMILES string of the molecule is O=C(COc1ccc(Cl)cc1)NCc1ccc(C(=O)c2ccco2)s1. The van der Waals surface area contributed by atoms with Crippen molar-refractivity contribution in [1.29, 1.82) is 0 Å². The van der Waals surface area contributed by atoms with E-state index in [4.69, 9.17) is 20.8 Å². The number of carbonyl (C=O) groups is 2. The number of ether oxygens (including phenoxy) is 1. The minimum atomic E-state index is -0.248. The molecular weight excluding hydrogens is 362 g/mol. The summed E-state index contributed by atoms with van der Waals surface area (Å²) in [6.07, 6.45) is 1.46. The highest BCUT2D eigenvalue weighted by atomic mass is 35.5. The van der Waals surface area contributed by atoms with E-state index >= 15 is 0 Å². The molecule has 2 heterocycles. The molecule has 5 nitrogen and oxygen atoms in total. The van der Waals surface area contributed by atoms with Crippen LogP contribution in [0.4, 0.5) is 0 Å². The van der Waals surface area contributed by atoms with E-state index in [1.807, 2.05) is 0 Å². The third-order valence-electron chi connectivity index (χ3n) is 3.27. The highest BCUT2D eigenvalue weighted by molar-refractivity contribution is 7.14. The van der Waals surface area contributed by atoms with Crippen molar-refractivity contribution >= 4 is 34.6 Å². The molecule has 128 valence electrons. The van der Waals surface area contributed by atoms with E-state index < -0.39 is 0 Å². The van der Waals surface area contributed by atoms with Gasteiger partial charge in [-0.3, -0.25) is 9.59 Å². The minimum absolute atomic E-state index is 0.0921. The molecule has 0 atom stereocenters. The van der Waals surface area contributed by atoms with E-state index in [-0.39, 0.29) is 18.3 Å². The number of thiophene rings is 1. The van der Waals surface area contributed by atoms with Crippen molar-refractivity contribution in [2.75, 3.05) is 6.61 Å². The first kappa shape index (κ1) is 17.3. The fourth-order valence-electron chi connectivity index (χ4n) is 2.04. The summed E-state index contributed by atoms with van der Waals surface area (Å²) in [6.45, 7) is 0.240. The van der Waals surface area contributed by atoms with Gasteiger partial charge in [-0.05, 0) is 48.5 Å². The lowest BCUT2D eigenvalue weighted by molar-refractivity contribution is -0.123. The summed E-state index contributed by atoms with van der Waals surface area (Å²) in [5.41, 5.74) is 0. The molecule has 0 radical (unpaired) electrons. The summed E-state index contributed by atoms with van der Waals surface area (Å²) >= 11 is 7.10. The van der Waals surface area contributed by atoms with Gasteiger partial charge in [-0.25, -0.2) is 0 Å². The van der Waals surface area contributed by atoms with Crippen LogP contribution < -0.4 is 10.1 Å². The van der Waals surface area contributed by atoms with Gasteiger partial charge in [-0.2, -0.15) is 0 Å². The molecule has 1 N–H and O–H groups in total. The zero-order chi connectivity index (χ0) is 17.6. The predicted molar refractivity (Wildman–Crippen MR) is 95.3 cm³/mol. The van der Waals surface area contributed by atoms with E-state index in [0.29, 0.717) is 28.0 Å². The van der Waals surface area contributed by atoms with Crippen molar-refractivity contribution in [3.05, 3.63) is 75.3 Å². The molecule has 3 aromatic rings. The van der Waals surface area contributed by atoms with E-state index in [1.54, 1.807) is 48.5 Å². The maximum absolute atomic E-state index is 12.1. The summed E-state index contributed by atoms with van der Waals surface area (Å²) in [5, 5.41) is 3.36. The molecule has 0 spiro atoms. The first-order valence-corrected chi connectivity index (χ1v) is 8.63. The van der Waals surface area contributed by atoms with Crippen molar-refractivity contribution in [3.8, 4) is 5.75 Å². The number of amides is 1. The average Bonchev–Trinajstić information content (AvgIpc) is 3.30. The van der Waals surface area contributed by atoms with Gasteiger partial charge in [-0.1, -0.05) is 11.6 Å². The molecule has 2 aromatic heterocycles. The highest BCUT2D eigenvalue weighted by Gasteiger charge is 2.14. The fourth-order valence-corrected chi connectivity index (χ4v) is 3.06. The van der Waals surface area contributed by atoms with Gasteiger partial charge < -0.3 is 14.5 Å². The number of carbonyl (C=O) groups excluding carboxylic acids is 2.